The van der Waals surface area contributed by atoms with E-state index in [4.69, 9.17) is 0 Å². The van der Waals surface area contributed by atoms with E-state index in [9.17, 15) is 18.3 Å². The fraction of sp³-hybridized carbons (Fsp3) is 0.353. The van der Waals surface area contributed by atoms with Gasteiger partial charge in [0.15, 0.2) is 5.65 Å². The highest BCUT2D eigenvalue weighted by molar-refractivity contribution is 5.46. The number of aromatic nitrogens is 4. The molecule has 1 fully saturated rings. The second-order valence-electron chi connectivity index (χ2n) is 6.37. The molecule has 3 heterocycles. The number of aliphatic hydroxyl groups is 1. The third-order valence-corrected chi connectivity index (χ3v) is 4.73. The zero-order chi connectivity index (χ0) is 18.4. The molecule has 0 aliphatic carbocycles. The van der Waals surface area contributed by atoms with Crippen LogP contribution in [0.15, 0.2) is 42.5 Å². The van der Waals surface area contributed by atoms with Crippen LogP contribution in [0.4, 0.5) is 19.0 Å². The van der Waals surface area contributed by atoms with Crippen LogP contribution in [0.3, 0.4) is 0 Å². The van der Waals surface area contributed by atoms with Crippen molar-refractivity contribution in [3.8, 4) is 0 Å². The third kappa shape index (κ3) is 2.88. The van der Waals surface area contributed by atoms with E-state index in [1.807, 2.05) is 35.2 Å². The lowest BCUT2D eigenvalue weighted by molar-refractivity contribution is -0.146. The normalized spacial score (nSPS) is 17.6. The molecule has 1 N–H and O–H groups in total. The molecule has 0 radical (unpaired) electrons. The molecule has 1 aliphatic heterocycles. The number of rotatable bonds is 2. The molecule has 0 saturated carbocycles. The standard InChI is InChI=1S/C17H16F3N5O/c18-17(19,20)15-22-21-13-6-7-14(23-25(13)15)24-10-8-16(26,9-11-24)12-4-2-1-3-5-12/h1-7,26H,8-11H2. The summed E-state index contributed by atoms with van der Waals surface area (Å²) in [7, 11) is 0. The van der Waals surface area contributed by atoms with E-state index in [2.05, 4.69) is 15.3 Å². The number of anilines is 1. The first-order valence-corrected chi connectivity index (χ1v) is 8.19. The van der Waals surface area contributed by atoms with Crippen molar-refractivity contribution in [1.29, 1.82) is 0 Å². The molecular formula is C17H16F3N5O. The largest absolute Gasteiger partial charge is 0.453 e. The average Bonchev–Trinajstić information content (AvgIpc) is 3.07. The number of halogens is 3. The van der Waals surface area contributed by atoms with Gasteiger partial charge in [0.1, 0.15) is 5.82 Å². The van der Waals surface area contributed by atoms with E-state index >= 15 is 0 Å². The monoisotopic (exact) mass is 363 g/mol. The highest BCUT2D eigenvalue weighted by Crippen LogP contribution is 2.34. The first-order chi connectivity index (χ1) is 12.4. The van der Waals surface area contributed by atoms with Gasteiger partial charge in [-0.1, -0.05) is 30.3 Å². The maximum Gasteiger partial charge on any atom is 0.453 e. The minimum Gasteiger partial charge on any atom is -0.385 e. The van der Waals surface area contributed by atoms with Crippen LogP contribution in [0, 0.1) is 0 Å². The molecule has 0 amide bonds. The Balaban J connectivity index is 1.58. The van der Waals surface area contributed by atoms with Gasteiger partial charge in [0.05, 0.1) is 5.60 Å². The molecule has 6 nitrogen and oxygen atoms in total. The van der Waals surface area contributed by atoms with Gasteiger partial charge >= 0.3 is 6.18 Å². The third-order valence-electron chi connectivity index (χ3n) is 4.73. The lowest BCUT2D eigenvalue weighted by Gasteiger charge is -2.39. The summed E-state index contributed by atoms with van der Waals surface area (Å²) in [5, 5.41) is 21.6. The SMILES string of the molecule is OC1(c2ccccc2)CCN(c2ccc3nnc(C(F)(F)F)n3n2)CC1. The first kappa shape index (κ1) is 16.8. The van der Waals surface area contributed by atoms with E-state index in [1.165, 1.54) is 6.07 Å². The minimum absolute atomic E-state index is 0.0406. The van der Waals surface area contributed by atoms with Crippen molar-refractivity contribution in [3.63, 3.8) is 0 Å². The number of hydrogen-bond donors (Lipinski definition) is 1. The number of hydrogen-bond acceptors (Lipinski definition) is 5. The average molecular weight is 363 g/mol. The zero-order valence-corrected chi connectivity index (χ0v) is 13.7. The van der Waals surface area contributed by atoms with E-state index < -0.39 is 17.6 Å². The van der Waals surface area contributed by atoms with Crippen LogP contribution in [-0.4, -0.2) is 38.0 Å². The number of alkyl halides is 3. The van der Waals surface area contributed by atoms with Crippen LogP contribution >= 0.6 is 0 Å². The molecule has 0 atom stereocenters. The van der Waals surface area contributed by atoms with Crippen LogP contribution in [0.5, 0.6) is 0 Å². The zero-order valence-electron chi connectivity index (χ0n) is 13.7. The van der Waals surface area contributed by atoms with Crippen LogP contribution in [-0.2, 0) is 11.8 Å². The second-order valence-corrected chi connectivity index (χ2v) is 6.37. The number of piperidine rings is 1. The molecule has 9 heteroatoms. The maximum atomic E-state index is 13.0. The molecule has 136 valence electrons. The minimum atomic E-state index is -4.62. The second kappa shape index (κ2) is 5.94. The van der Waals surface area contributed by atoms with Crippen LogP contribution in [0.2, 0.25) is 0 Å². The van der Waals surface area contributed by atoms with Gasteiger partial charge in [-0.25, -0.2) is 0 Å². The van der Waals surface area contributed by atoms with Crippen molar-refractivity contribution >= 4 is 11.5 Å². The summed E-state index contributed by atoms with van der Waals surface area (Å²) in [5.41, 5.74) is -0.0460. The van der Waals surface area contributed by atoms with Crippen molar-refractivity contribution in [2.45, 2.75) is 24.6 Å². The molecule has 0 bridgehead atoms. The summed E-state index contributed by atoms with van der Waals surface area (Å²) in [6.45, 7) is 0.959. The predicted molar refractivity (Wildman–Crippen MR) is 87.6 cm³/mol. The van der Waals surface area contributed by atoms with Crippen molar-refractivity contribution in [3.05, 3.63) is 53.9 Å². The molecule has 1 aromatic carbocycles. The Morgan fingerprint density at radius 1 is 0.962 bits per heavy atom. The molecule has 3 aromatic rings. The van der Waals surface area contributed by atoms with Gasteiger partial charge in [-0.2, -0.15) is 17.7 Å². The summed E-state index contributed by atoms with van der Waals surface area (Å²) < 4.78 is 39.7. The van der Waals surface area contributed by atoms with Gasteiger partial charge in [-0.05, 0) is 30.5 Å². The lowest BCUT2D eigenvalue weighted by atomic mass is 9.84. The van der Waals surface area contributed by atoms with Gasteiger partial charge in [0.25, 0.3) is 5.82 Å². The topological polar surface area (TPSA) is 66.5 Å². The molecule has 26 heavy (non-hydrogen) atoms. The van der Waals surface area contributed by atoms with Gasteiger partial charge in [-0.3, -0.25) is 0 Å². The predicted octanol–water partition coefficient (Wildman–Crippen LogP) is 2.63. The Labute approximate surface area is 146 Å². The van der Waals surface area contributed by atoms with Gasteiger partial charge in [0.2, 0.25) is 0 Å². The molecular weight excluding hydrogens is 347 g/mol. The summed E-state index contributed by atoms with van der Waals surface area (Å²) in [4.78, 5) is 1.86. The number of nitrogens with zero attached hydrogens (tertiary/aromatic N) is 5. The number of benzene rings is 1. The highest BCUT2D eigenvalue weighted by Gasteiger charge is 2.38. The fourth-order valence-electron chi connectivity index (χ4n) is 3.27. The smallest absolute Gasteiger partial charge is 0.385 e. The van der Waals surface area contributed by atoms with Crippen LogP contribution < -0.4 is 4.90 Å². The summed E-state index contributed by atoms with van der Waals surface area (Å²) in [5.74, 6) is -0.745. The number of fused-ring (bicyclic) bond motifs is 1. The molecule has 4 rings (SSSR count). The van der Waals surface area contributed by atoms with Gasteiger partial charge in [0, 0.05) is 13.1 Å². The van der Waals surface area contributed by atoms with E-state index in [-0.39, 0.29) is 5.65 Å². The quantitative estimate of drug-likeness (QED) is 0.758. The fourth-order valence-corrected chi connectivity index (χ4v) is 3.27. The summed E-state index contributed by atoms with van der Waals surface area (Å²) in [6, 6.07) is 12.5. The maximum absolute atomic E-state index is 13.0. The van der Waals surface area contributed by atoms with Crippen molar-refractivity contribution in [2.24, 2.45) is 0 Å². The van der Waals surface area contributed by atoms with Gasteiger partial charge in [-0.15, -0.1) is 15.3 Å². The summed E-state index contributed by atoms with van der Waals surface area (Å²) in [6.07, 6.45) is -3.70. The molecule has 0 unspecified atom stereocenters. The van der Waals surface area contributed by atoms with E-state index in [0.29, 0.717) is 36.3 Å². The van der Waals surface area contributed by atoms with Crippen molar-refractivity contribution in [1.82, 2.24) is 19.8 Å². The van der Waals surface area contributed by atoms with Crippen molar-refractivity contribution < 1.29 is 18.3 Å². The Bertz CT molecular complexity index is 917. The van der Waals surface area contributed by atoms with Crippen molar-refractivity contribution in [2.75, 3.05) is 18.0 Å². The van der Waals surface area contributed by atoms with Crippen LogP contribution in [0.25, 0.3) is 5.65 Å². The van der Waals surface area contributed by atoms with E-state index in [1.54, 1.807) is 6.07 Å². The highest BCUT2D eigenvalue weighted by atomic mass is 19.4. The Morgan fingerprint density at radius 3 is 2.31 bits per heavy atom. The Morgan fingerprint density at radius 2 is 1.65 bits per heavy atom. The Hall–Kier alpha value is -2.68. The van der Waals surface area contributed by atoms with E-state index in [0.717, 1.165) is 5.56 Å². The molecule has 2 aromatic heterocycles. The Kier molecular flexibility index (Phi) is 3.83. The first-order valence-electron chi connectivity index (χ1n) is 8.19. The summed E-state index contributed by atoms with van der Waals surface area (Å²) >= 11 is 0. The molecule has 1 saturated heterocycles. The lowest BCUT2D eigenvalue weighted by Crippen LogP contribution is -2.43. The van der Waals surface area contributed by atoms with Crippen LogP contribution in [0.1, 0.15) is 24.2 Å². The molecule has 1 aliphatic rings. The molecule has 0 spiro atoms. The van der Waals surface area contributed by atoms with Gasteiger partial charge < -0.3 is 10.0 Å².